The van der Waals surface area contributed by atoms with E-state index in [9.17, 15) is 4.57 Å². The maximum absolute atomic E-state index is 9.75. The summed E-state index contributed by atoms with van der Waals surface area (Å²) in [4.78, 5) is 15.9. The lowest BCUT2D eigenvalue weighted by Gasteiger charge is -1.88. The van der Waals surface area contributed by atoms with Crippen molar-refractivity contribution in [2.75, 3.05) is 0 Å². The fraction of sp³-hybridized carbons (Fsp3) is 0. The van der Waals surface area contributed by atoms with Crippen molar-refractivity contribution in [3.63, 3.8) is 0 Å². The van der Waals surface area contributed by atoms with Crippen molar-refractivity contribution in [3.8, 4) is 0 Å². The van der Waals surface area contributed by atoms with Crippen molar-refractivity contribution in [1.29, 1.82) is 0 Å². The topological polar surface area (TPSA) is 57.5 Å². The molecule has 0 aromatic carbocycles. The van der Waals surface area contributed by atoms with Crippen LogP contribution in [0.15, 0.2) is 11.4 Å². The smallest absolute Gasteiger partial charge is 0.321 e. The molecule has 0 saturated carbocycles. The first kappa shape index (κ1) is 7.18. The summed E-state index contributed by atoms with van der Waals surface area (Å²) in [7, 11) is -3.98. The maximum Gasteiger partial charge on any atom is 0.349 e. The lowest BCUT2D eigenvalue weighted by Crippen LogP contribution is -1.64. The Bertz CT molecular complexity index is 114. The molecule has 0 aliphatic rings. The van der Waals surface area contributed by atoms with E-state index in [1.807, 2.05) is 0 Å². The van der Waals surface area contributed by atoms with Crippen molar-refractivity contribution >= 4 is 19.2 Å². The highest BCUT2D eigenvalue weighted by atomic mass is 35.5. The van der Waals surface area contributed by atoms with Crippen molar-refractivity contribution in [2.45, 2.75) is 0 Å². The van der Waals surface area contributed by atoms with Crippen molar-refractivity contribution in [2.24, 2.45) is 0 Å². The van der Waals surface area contributed by atoms with Gasteiger partial charge in [0.15, 0.2) is 0 Å². The average Bonchev–Trinajstić information content (AvgIpc) is 1.30. The molecule has 0 unspecified atom stereocenters. The van der Waals surface area contributed by atoms with Gasteiger partial charge in [0.05, 0.1) is 0 Å². The van der Waals surface area contributed by atoms with E-state index in [2.05, 4.69) is 0 Å². The van der Waals surface area contributed by atoms with E-state index in [4.69, 9.17) is 21.4 Å². The normalized spacial score (nSPS) is 13.0. The lowest BCUT2D eigenvalue weighted by atomic mass is 11.3. The molecule has 0 aromatic heterocycles. The van der Waals surface area contributed by atoms with Crippen molar-refractivity contribution < 1.29 is 14.4 Å². The van der Waals surface area contributed by atoms with E-state index < -0.39 is 7.60 Å². The Hall–Kier alpha value is 0.180. The van der Waals surface area contributed by atoms with Crippen LogP contribution in [0.25, 0.3) is 0 Å². The molecule has 0 amide bonds. The summed E-state index contributed by atoms with van der Waals surface area (Å²) in [6.45, 7) is 0. The minimum atomic E-state index is -3.98. The molecular formula is C2H4ClO3P. The predicted molar refractivity (Wildman–Crippen MR) is 27.0 cm³/mol. The number of hydrogen-bond acceptors (Lipinski definition) is 1. The zero-order valence-corrected chi connectivity index (χ0v) is 4.93. The van der Waals surface area contributed by atoms with Gasteiger partial charge in [0.2, 0.25) is 0 Å². The standard InChI is InChI=1S/C2H4ClO3P/c3-1-2-7(4,5)6/h1-2H,(H2,4,5,6). The van der Waals surface area contributed by atoms with Gasteiger partial charge in [0, 0.05) is 11.4 Å². The Morgan fingerprint density at radius 1 is 1.57 bits per heavy atom. The van der Waals surface area contributed by atoms with Gasteiger partial charge in [0.1, 0.15) is 0 Å². The van der Waals surface area contributed by atoms with Crippen LogP contribution in [0.1, 0.15) is 0 Å². The SMILES string of the molecule is O=P(O)(O)C=CCl. The van der Waals surface area contributed by atoms with Crippen LogP contribution in [0.3, 0.4) is 0 Å². The quantitative estimate of drug-likeness (QED) is 0.534. The summed E-state index contributed by atoms with van der Waals surface area (Å²) in [5.41, 5.74) is 0.792. The third-order valence-electron chi connectivity index (χ3n) is 0.251. The fourth-order valence-corrected chi connectivity index (χ4v) is 0.661. The van der Waals surface area contributed by atoms with Gasteiger partial charge in [0.25, 0.3) is 0 Å². The Labute approximate surface area is 45.8 Å². The lowest BCUT2D eigenvalue weighted by molar-refractivity contribution is 0.386. The second-order valence-electron chi connectivity index (χ2n) is 0.864. The van der Waals surface area contributed by atoms with E-state index in [0.717, 1.165) is 5.54 Å². The van der Waals surface area contributed by atoms with Crippen molar-refractivity contribution in [3.05, 3.63) is 11.4 Å². The van der Waals surface area contributed by atoms with Gasteiger partial charge in [-0.25, -0.2) is 0 Å². The predicted octanol–water partition coefficient (Wildman–Crippen LogP) is 0.874. The van der Waals surface area contributed by atoms with Crippen LogP contribution in [-0.2, 0) is 4.57 Å². The van der Waals surface area contributed by atoms with Gasteiger partial charge in [-0.1, -0.05) is 11.6 Å². The Morgan fingerprint density at radius 2 is 2.00 bits per heavy atom. The largest absolute Gasteiger partial charge is 0.349 e. The highest BCUT2D eigenvalue weighted by molar-refractivity contribution is 7.55. The van der Waals surface area contributed by atoms with E-state index in [-0.39, 0.29) is 0 Å². The minimum Gasteiger partial charge on any atom is -0.321 e. The highest BCUT2D eigenvalue weighted by Crippen LogP contribution is 2.35. The number of rotatable bonds is 1. The first-order valence-corrected chi connectivity index (χ1v) is 3.51. The molecule has 5 heteroatoms. The second kappa shape index (κ2) is 2.48. The molecule has 0 saturated heterocycles. The van der Waals surface area contributed by atoms with E-state index >= 15 is 0 Å². The fourth-order valence-electron chi connectivity index (χ4n) is 0.0734. The molecule has 0 aliphatic carbocycles. The summed E-state index contributed by atoms with van der Waals surface area (Å²) >= 11 is 4.81. The summed E-state index contributed by atoms with van der Waals surface area (Å²) in [5.74, 6) is 0.620. The summed E-state index contributed by atoms with van der Waals surface area (Å²) in [6.07, 6.45) is 0. The van der Waals surface area contributed by atoms with Gasteiger partial charge in [-0.05, 0) is 0 Å². The molecule has 0 radical (unpaired) electrons. The van der Waals surface area contributed by atoms with Gasteiger partial charge >= 0.3 is 7.60 Å². The van der Waals surface area contributed by atoms with E-state index in [0.29, 0.717) is 5.82 Å². The molecule has 0 aromatic rings. The van der Waals surface area contributed by atoms with Crippen LogP contribution < -0.4 is 0 Å². The molecule has 0 spiro atoms. The monoisotopic (exact) mass is 142 g/mol. The van der Waals surface area contributed by atoms with Crippen LogP contribution in [0, 0.1) is 0 Å². The second-order valence-corrected chi connectivity index (χ2v) is 2.59. The van der Waals surface area contributed by atoms with Crippen molar-refractivity contribution in [1.82, 2.24) is 0 Å². The summed E-state index contributed by atoms with van der Waals surface area (Å²) in [6, 6.07) is 0. The van der Waals surface area contributed by atoms with E-state index in [1.165, 1.54) is 0 Å². The zero-order chi connectivity index (χ0) is 5.91. The molecule has 0 aliphatic heterocycles. The van der Waals surface area contributed by atoms with Crippen LogP contribution >= 0.6 is 19.2 Å². The van der Waals surface area contributed by atoms with Gasteiger partial charge in [-0.2, -0.15) is 0 Å². The first-order valence-electron chi connectivity index (χ1n) is 1.39. The first-order chi connectivity index (χ1) is 3.06. The molecule has 0 heterocycles. The zero-order valence-electron chi connectivity index (χ0n) is 3.28. The summed E-state index contributed by atoms with van der Waals surface area (Å²) < 4.78 is 9.75. The van der Waals surface area contributed by atoms with E-state index in [1.54, 1.807) is 0 Å². The minimum absolute atomic E-state index is 0.620. The van der Waals surface area contributed by atoms with Gasteiger partial charge in [-0.15, -0.1) is 0 Å². The van der Waals surface area contributed by atoms with Crippen LogP contribution in [0.5, 0.6) is 0 Å². The Kier molecular flexibility index (Phi) is 2.54. The van der Waals surface area contributed by atoms with Gasteiger partial charge < -0.3 is 9.79 Å². The van der Waals surface area contributed by atoms with Crippen LogP contribution in [-0.4, -0.2) is 9.79 Å². The number of halogens is 1. The van der Waals surface area contributed by atoms with Crippen LogP contribution in [0.4, 0.5) is 0 Å². The Morgan fingerprint density at radius 3 is 2.00 bits per heavy atom. The molecule has 2 N–H and O–H groups in total. The molecule has 0 rings (SSSR count). The molecular weight excluding hydrogens is 138 g/mol. The Balaban J connectivity index is 3.82. The van der Waals surface area contributed by atoms with Crippen LogP contribution in [0.2, 0.25) is 0 Å². The molecule has 3 nitrogen and oxygen atoms in total. The third kappa shape index (κ3) is 6.18. The highest BCUT2D eigenvalue weighted by Gasteiger charge is 2.03. The third-order valence-corrected chi connectivity index (χ3v) is 1.09. The van der Waals surface area contributed by atoms with Gasteiger partial charge in [-0.3, -0.25) is 4.57 Å². The summed E-state index contributed by atoms with van der Waals surface area (Å²) in [5, 5.41) is 0. The maximum atomic E-state index is 9.75. The average molecular weight is 142 g/mol. The molecule has 0 fully saturated rings. The molecule has 0 atom stereocenters. The molecule has 7 heavy (non-hydrogen) atoms. The molecule has 42 valence electrons. The number of hydrogen-bond donors (Lipinski definition) is 2. The molecule has 0 bridgehead atoms.